The zero-order chi connectivity index (χ0) is 14.8. The van der Waals surface area contributed by atoms with E-state index in [-0.39, 0.29) is 5.69 Å². The number of rotatable bonds is 3. The van der Waals surface area contributed by atoms with E-state index in [1.807, 2.05) is 0 Å². The van der Waals surface area contributed by atoms with E-state index in [2.05, 4.69) is 17.2 Å². The fourth-order valence-electron chi connectivity index (χ4n) is 2.60. The standard InChI is InChI=1S/C15H20N2O3/c1-10-6-8-15(9-7-10,14(19)20)17-13(18)12-5-3-4-11(2)16-12/h3-5,10H,6-9H2,1-2H3,(H,17,18)(H,19,20). The third kappa shape index (κ3) is 2.98. The van der Waals surface area contributed by atoms with E-state index < -0.39 is 17.4 Å². The van der Waals surface area contributed by atoms with Gasteiger partial charge in [0.15, 0.2) is 0 Å². The lowest BCUT2D eigenvalue weighted by Crippen LogP contribution is -2.56. The third-order valence-corrected chi connectivity index (χ3v) is 4.01. The van der Waals surface area contributed by atoms with Crippen LogP contribution >= 0.6 is 0 Å². The number of carbonyl (C=O) groups excluding carboxylic acids is 1. The number of hydrogen-bond acceptors (Lipinski definition) is 3. The molecule has 0 bridgehead atoms. The SMILES string of the molecule is Cc1cccc(C(=O)NC2(C(=O)O)CCC(C)CC2)n1. The Kier molecular flexibility index (Phi) is 4.06. The van der Waals surface area contributed by atoms with Crippen LogP contribution in [0.4, 0.5) is 0 Å². The fourth-order valence-corrected chi connectivity index (χ4v) is 2.60. The Labute approximate surface area is 118 Å². The molecule has 1 aromatic heterocycles. The smallest absolute Gasteiger partial charge is 0.329 e. The number of nitrogens with one attached hydrogen (secondary N) is 1. The molecular formula is C15H20N2O3. The van der Waals surface area contributed by atoms with Crippen molar-refractivity contribution >= 4 is 11.9 Å². The van der Waals surface area contributed by atoms with Crippen molar-refractivity contribution in [3.63, 3.8) is 0 Å². The van der Waals surface area contributed by atoms with Crippen LogP contribution in [0.3, 0.4) is 0 Å². The minimum absolute atomic E-state index is 0.268. The number of carboxylic acids is 1. The Morgan fingerprint density at radius 1 is 1.35 bits per heavy atom. The van der Waals surface area contributed by atoms with Crippen LogP contribution in [0.2, 0.25) is 0 Å². The van der Waals surface area contributed by atoms with Crippen molar-refractivity contribution < 1.29 is 14.7 Å². The van der Waals surface area contributed by atoms with Gasteiger partial charge in [-0.15, -0.1) is 0 Å². The molecule has 5 heteroatoms. The molecule has 1 fully saturated rings. The zero-order valence-electron chi connectivity index (χ0n) is 11.8. The molecule has 0 saturated heterocycles. The first kappa shape index (κ1) is 14.5. The number of aliphatic carboxylic acids is 1. The third-order valence-electron chi connectivity index (χ3n) is 4.01. The summed E-state index contributed by atoms with van der Waals surface area (Å²) >= 11 is 0. The second-order valence-corrected chi connectivity index (χ2v) is 5.69. The summed E-state index contributed by atoms with van der Waals surface area (Å²) in [5.41, 5.74) is -0.141. The Morgan fingerprint density at radius 2 is 2.00 bits per heavy atom. The number of nitrogens with zero attached hydrogens (tertiary/aromatic N) is 1. The van der Waals surface area contributed by atoms with Gasteiger partial charge in [0.05, 0.1) is 0 Å². The van der Waals surface area contributed by atoms with E-state index in [0.717, 1.165) is 18.5 Å². The van der Waals surface area contributed by atoms with Crippen LogP contribution in [0.5, 0.6) is 0 Å². The zero-order valence-corrected chi connectivity index (χ0v) is 11.8. The molecule has 5 nitrogen and oxygen atoms in total. The van der Waals surface area contributed by atoms with Gasteiger partial charge in [-0.3, -0.25) is 4.79 Å². The molecule has 0 unspecified atom stereocenters. The molecule has 2 N–H and O–H groups in total. The van der Waals surface area contributed by atoms with Crippen molar-refractivity contribution in [2.45, 2.75) is 45.1 Å². The highest BCUT2D eigenvalue weighted by Gasteiger charge is 2.42. The van der Waals surface area contributed by atoms with Crippen molar-refractivity contribution in [3.05, 3.63) is 29.6 Å². The van der Waals surface area contributed by atoms with E-state index in [4.69, 9.17) is 0 Å². The summed E-state index contributed by atoms with van der Waals surface area (Å²) in [5, 5.41) is 12.2. The van der Waals surface area contributed by atoms with E-state index in [1.54, 1.807) is 25.1 Å². The molecule has 1 aliphatic carbocycles. The van der Waals surface area contributed by atoms with Gasteiger partial charge in [0.1, 0.15) is 11.2 Å². The Bertz CT molecular complexity index is 520. The average molecular weight is 276 g/mol. The first-order chi connectivity index (χ1) is 9.43. The second kappa shape index (κ2) is 5.61. The maximum atomic E-state index is 12.2. The van der Waals surface area contributed by atoms with Crippen molar-refractivity contribution in [2.75, 3.05) is 0 Å². The predicted octanol–water partition coefficient (Wildman–Crippen LogP) is 2.15. The van der Waals surface area contributed by atoms with E-state index in [1.165, 1.54) is 0 Å². The van der Waals surface area contributed by atoms with Crippen molar-refractivity contribution in [1.29, 1.82) is 0 Å². The van der Waals surface area contributed by atoms with Crippen molar-refractivity contribution in [2.24, 2.45) is 5.92 Å². The van der Waals surface area contributed by atoms with Crippen molar-refractivity contribution in [3.8, 4) is 0 Å². The number of carboxylic acid groups (broad SMARTS) is 1. The Morgan fingerprint density at radius 3 is 2.55 bits per heavy atom. The van der Waals surface area contributed by atoms with Crippen LogP contribution < -0.4 is 5.32 Å². The number of aryl methyl sites for hydroxylation is 1. The maximum absolute atomic E-state index is 12.2. The molecule has 0 aliphatic heterocycles. The number of amides is 1. The van der Waals surface area contributed by atoms with Crippen LogP contribution in [0.15, 0.2) is 18.2 Å². The molecule has 1 heterocycles. The molecule has 0 atom stereocenters. The molecule has 0 radical (unpaired) electrons. The summed E-state index contributed by atoms with van der Waals surface area (Å²) in [5.74, 6) is -0.854. The Hall–Kier alpha value is -1.91. The second-order valence-electron chi connectivity index (χ2n) is 5.69. The molecule has 1 aliphatic rings. The first-order valence-corrected chi connectivity index (χ1v) is 6.92. The monoisotopic (exact) mass is 276 g/mol. The summed E-state index contributed by atoms with van der Waals surface area (Å²) in [6, 6.07) is 5.14. The maximum Gasteiger partial charge on any atom is 0.329 e. The van der Waals surface area contributed by atoms with Gasteiger partial charge in [-0.1, -0.05) is 13.0 Å². The summed E-state index contributed by atoms with van der Waals surface area (Å²) in [6.45, 7) is 3.90. The van der Waals surface area contributed by atoms with Gasteiger partial charge >= 0.3 is 5.97 Å². The van der Waals surface area contributed by atoms with E-state index in [9.17, 15) is 14.7 Å². The van der Waals surface area contributed by atoms with Gasteiger partial charge in [0.2, 0.25) is 0 Å². The number of hydrogen-bond donors (Lipinski definition) is 2. The minimum atomic E-state index is -1.14. The van der Waals surface area contributed by atoms with Gasteiger partial charge in [-0.2, -0.15) is 0 Å². The molecule has 1 saturated carbocycles. The molecule has 108 valence electrons. The summed E-state index contributed by atoms with van der Waals surface area (Å²) in [4.78, 5) is 27.9. The molecule has 20 heavy (non-hydrogen) atoms. The highest BCUT2D eigenvalue weighted by molar-refractivity contribution is 5.96. The van der Waals surface area contributed by atoms with Crippen LogP contribution in [-0.4, -0.2) is 27.5 Å². The summed E-state index contributed by atoms with van der Waals surface area (Å²) < 4.78 is 0. The molecule has 0 aromatic carbocycles. The van der Waals surface area contributed by atoms with Gasteiger partial charge in [0, 0.05) is 5.69 Å². The summed E-state index contributed by atoms with van der Waals surface area (Å²) in [6.07, 6.45) is 2.57. The van der Waals surface area contributed by atoms with Crippen LogP contribution in [-0.2, 0) is 4.79 Å². The quantitative estimate of drug-likeness (QED) is 0.886. The number of pyridine rings is 1. The van der Waals surface area contributed by atoms with Crippen LogP contribution in [0.1, 0.15) is 48.8 Å². The Balaban J connectivity index is 2.17. The fraction of sp³-hybridized carbons (Fsp3) is 0.533. The topological polar surface area (TPSA) is 79.3 Å². The normalized spacial score (nSPS) is 26.0. The van der Waals surface area contributed by atoms with Gasteiger partial charge in [-0.25, -0.2) is 9.78 Å². The van der Waals surface area contributed by atoms with Crippen molar-refractivity contribution in [1.82, 2.24) is 10.3 Å². The van der Waals surface area contributed by atoms with Crippen LogP contribution in [0.25, 0.3) is 0 Å². The van der Waals surface area contributed by atoms with E-state index in [0.29, 0.717) is 18.8 Å². The number of aromatic nitrogens is 1. The molecule has 2 rings (SSSR count). The lowest BCUT2D eigenvalue weighted by Gasteiger charge is -2.36. The largest absolute Gasteiger partial charge is 0.480 e. The molecular weight excluding hydrogens is 256 g/mol. The van der Waals surface area contributed by atoms with Crippen LogP contribution in [0, 0.1) is 12.8 Å². The van der Waals surface area contributed by atoms with Gasteiger partial charge < -0.3 is 10.4 Å². The first-order valence-electron chi connectivity index (χ1n) is 6.92. The molecule has 0 spiro atoms. The lowest BCUT2D eigenvalue weighted by atomic mass is 9.77. The highest BCUT2D eigenvalue weighted by Crippen LogP contribution is 2.32. The van der Waals surface area contributed by atoms with E-state index >= 15 is 0 Å². The average Bonchev–Trinajstić information content (AvgIpc) is 2.41. The molecule has 1 aromatic rings. The van der Waals surface area contributed by atoms with Gasteiger partial charge in [-0.05, 0) is 50.7 Å². The predicted molar refractivity (Wildman–Crippen MR) is 74.4 cm³/mol. The lowest BCUT2D eigenvalue weighted by molar-refractivity contribution is -0.146. The number of carbonyl (C=O) groups is 2. The summed E-state index contributed by atoms with van der Waals surface area (Å²) in [7, 11) is 0. The highest BCUT2D eigenvalue weighted by atomic mass is 16.4. The minimum Gasteiger partial charge on any atom is -0.480 e. The van der Waals surface area contributed by atoms with Gasteiger partial charge in [0.25, 0.3) is 5.91 Å². The molecule has 1 amide bonds.